The van der Waals surface area contributed by atoms with Gasteiger partial charge in [-0.3, -0.25) is 0 Å². The highest BCUT2D eigenvalue weighted by Crippen LogP contribution is 2.28. The Labute approximate surface area is 131 Å². The van der Waals surface area contributed by atoms with Crippen molar-refractivity contribution in [1.82, 2.24) is 10.6 Å². The maximum atomic E-state index is 13.5. The Morgan fingerprint density at radius 2 is 2.18 bits per heavy atom. The van der Waals surface area contributed by atoms with Gasteiger partial charge in [0.25, 0.3) is 0 Å². The van der Waals surface area contributed by atoms with E-state index in [1.807, 2.05) is 0 Å². The SMILES string of the molecule is C=CCOC(=O)C1=C(C)NC(=S)N[C@@H]1c1ccc(F)c(F)c1. The maximum absolute atomic E-state index is 13.5. The van der Waals surface area contributed by atoms with Gasteiger partial charge in [0.15, 0.2) is 16.7 Å². The van der Waals surface area contributed by atoms with Crippen LogP contribution < -0.4 is 10.6 Å². The van der Waals surface area contributed by atoms with Gasteiger partial charge in [0, 0.05) is 5.70 Å². The van der Waals surface area contributed by atoms with Crippen LogP contribution in [0.25, 0.3) is 0 Å². The molecule has 0 aliphatic carbocycles. The number of rotatable bonds is 4. The summed E-state index contributed by atoms with van der Waals surface area (Å²) in [6.07, 6.45) is 1.44. The van der Waals surface area contributed by atoms with Crippen molar-refractivity contribution in [2.75, 3.05) is 6.61 Å². The van der Waals surface area contributed by atoms with E-state index in [2.05, 4.69) is 17.2 Å². The van der Waals surface area contributed by atoms with Crippen LogP contribution in [0, 0.1) is 11.6 Å². The van der Waals surface area contributed by atoms with Crippen LogP contribution in [0.4, 0.5) is 8.78 Å². The van der Waals surface area contributed by atoms with Gasteiger partial charge in [0.2, 0.25) is 0 Å². The van der Waals surface area contributed by atoms with Crippen molar-refractivity contribution in [3.05, 3.63) is 59.3 Å². The van der Waals surface area contributed by atoms with Crippen molar-refractivity contribution in [2.45, 2.75) is 13.0 Å². The molecule has 0 radical (unpaired) electrons. The predicted molar refractivity (Wildman–Crippen MR) is 81.8 cm³/mol. The second-order valence-corrected chi connectivity index (χ2v) is 5.04. The van der Waals surface area contributed by atoms with Crippen LogP contribution in [0.2, 0.25) is 0 Å². The third-order valence-corrected chi connectivity index (χ3v) is 3.32. The van der Waals surface area contributed by atoms with Crippen molar-refractivity contribution in [3.8, 4) is 0 Å². The fourth-order valence-electron chi connectivity index (χ4n) is 2.12. The highest BCUT2D eigenvalue weighted by molar-refractivity contribution is 7.80. The number of esters is 1. The highest BCUT2D eigenvalue weighted by Gasteiger charge is 2.31. The number of hydrogen-bond donors (Lipinski definition) is 2. The summed E-state index contributed by atoms with van der Waals surface area (Å²) in [5.74, 6) is -2.55. The molecule has 0 saturated heterocycles. The van der Waals surface area contributed by atoms with Crippen molar-refractivity contribution in [1.29, 1.82) is 0 Å². The van der Waals surface area contributed by atoms with Gasteiger partial charge in [-0.25, -0.2) is 13.6 Å². The zero-order valence-electron chi connectivity index (χ0n) is 11.8. The first-order valence-corrected chi connectivity index (χ1v) is 6.86. The lowest BCUT2D eigenvalue weighted by Gasteiger charge is -2.29. The van der Waals surface area contributed by atoms with Crippen LogP contribution in [0.3, 0.4) is 0 Å². The Balaban J connectivity index is 2.42. The Morgan fingerprint density at radius 1 is 1.45 bits per heavy atom. The number of ether oxygens (including phenoxy) is 1. The Hall–Kier alpha value is -2.28. The van der Waals surface area contributed by atoms with E-state index in [-0.39, 0.29) is 17.3 Å². The molecule has 1 atom stereocenters. The van der Waals surface area contributed by atoms with E-state index < -0.39 is 23.6 Å². The number of allylic oxidation sites excluding steroid dienone is 1. The minimum atomic E-state index is -1.000. The van der Waals surface area contributed by atoms with E-state index >= 15 is 0 Å². The van der Waals surface area contributed by atoms with E-state index in [0.717, 1.165) is 12.1 Å². The van der Waals surface area contributed by atoms with Crippen LogP contribution in [-0.2, 0) is 9.53 Å². The molecule has 0 unspecified atom stereocenters. The van der Waals surface area contributed by atoms with Gasteiger partial charge in [-0.1, -0.05) is 18.7 Å². The number of benzene rings is 1. The van der Waals surface area contributed by atoms with Crippen molar-refractivity contribution in [2.24, 2.45) is 0 Å². The molecule has 1 aliphatic heterocycles. The first-order valence-electron chi connectivity index (χ1n) is 6.45. The average molecular weight is 324 g/mol. The Bertz CT molecular complexity index is 674. The lowest BCUT2D eigenvalue weighted by Crippen LogP contribution is -2.45. The normalized spacial score (nSPS) is 17.6. The molecular formula is C15H14F2N2O2S. The van der Waals surface area contributed by atoms with E-state index in [9.17, 15) is 13.6 Å². The number of nitrogens with one attached hydrogen (secondary N) is 2. The molecule has 0 fully saturated rings. The van der Waals surface area contributed by atoms with Crippen LogP contribution in [0.5, 0.6) is 0 Å². The molecule has 0 saturated carbocycles. The minimum Gasteiger partial charge on any atom is -0.458 e. The van der Waals surface area contributed by atoms with Crippen LogP contribution in [-0.4, -0.2) is 17.7 Å². The molecule has 116 valence electrons. The fraction of sp³-hybridized carbons (Fsp3) is 0.200. The predicted octanol–water partition coefficient (Wildman–Crippen LogP) is 2.49. The van der Waals surface area contributed by atoms with Gasteiger partial charge in [-0.05, 0) is 36.8 Å². The van der Waals surface area contributed by atoms with Gasteiger partial charge in [0.1, 0.15) is 6.61 Å². The summed E-state index contributed by atoms with van der Waals surface area (Å²) in [6, 6.07) is 2.69. The van der Waals surface area contributed by atoms with Crippen LogP contribution in [0.15, 0.2) is 42.1 Å². The summed E-state index contributed by atoms with van der Waals surface area (Å²) in [4.78, 5) is 12.2. The minimum absolute atomic E-state index is 0.0462. The second-order valence-electron chi connectivity index (χ2n) is 4.63. The van der Waals surface area contributed by atoms with Crippen LogP contribution >= 0.6 is 12.2 Å². The zero-order chi connectivity index (χ0) is 16.3. The molecule has 2 N–H and O–H groups in total. The molecule has 0 amide bonds. The van der Waals surface area contributed by atoms with Gasteiger partial charge in [0.05, 0.1) is 11.6 Å². The molecule has 2 rings (SSSR count). The molecule has 1 aliphatic rings. The monoisotopic (exact) mass is 324 g/mol. The van der Waals surface area contributed by atoms with Crippen molar-refractivity contribution in [3.63, 3.8) is 0 Å². The number of halogens is 2. The molecule has 1 aromatic rings. The molecule has 22 heavy (non-hydrogen) atoms. The Morgan fingerprint density at radius 3 is 2.82 bits per heavy atom. The number of hydrogen-bond acceptors (Lipinski definition) is 3. The number of thiocarbonyl (C=S) groups is 1. The molecule has 0 aromatic heterocycles. The molecule has 0 spiro atoms. The quantitative estimate of drug-likeness (QED) is 0.506. The number of carbonyl (C=O) groups excluding carboxylic acids is 1. The standard InChI is InChI=1S/C15H14F2N2O2S/c1-3-6-21-14(20)12-8(2)18-15(22)19-13(12)9-4-5-10(16)11(17)7-9/h3-5,7,13H,1,6H2,2H3,(H2,18,19,22)/t13-/m1/s1. The Kier molecular flexibility index (Phi) is 4.87. The maximum Gasteiger partial charge on any atom is 0.338 e. The van der Waals surface area contributed by atoms with Gasteiger partial charge in [-0.2, -0.15) is 0 Å². The van der Waals surface area contributed by atoms with Gasteiger partial charge in [-0.15, -0.1) is 0 Å². The third-order valence-electron chi connectivity index (χ3n) is 3.10. The largest absolute Gasteiger partial charge is 0.458 e. The van der Waals surface area contributed by atoms with Crippen LogP contribution in [0.1, 0.15) is 18.5 Å². The highest BCUT2D eigenvalue weighted by atomic mass is 32.1. The second kappa shape index (κ2) is 6.65. The molecule has 0 bridgehead atoms. The first-order chi connectivity index (χ1) is 10.4. The first kappa shape index (κ1) is 16.1. The molecule has 1 heterocycles. The van der Waals surface area contributed by atoms with E-state index in [1.54, 1.807) is 6.92 Å². The van der Waals surface area contributed by atoms with Gasteiger partial charge < -0.3 is 15.4 Å². The molecule has 7 heteroatoms. The summed E-state index contributed by atoms with van der Waals surface area (Å²) in [6.45, 7) is 5.17. The van der Waals surface area contributed by atoms with Crippen molar-refractivity contribution >= 4 is 23.3 Å². The topological polar surface area (TPSA) is 50.4 Å². The molecule has 4 nitrogen and oxygen atoms in total. The summed E-state index contributed by atoms with van der Waals surface area (Å²) >= 11 is 5.05. The summed E-state index contributed by atoms with van der Waals surface area (Å²) < 4.78 is 31.6. The lowest BCUT2D eigenvalue weighted by atomic mass is 9.95. The summed E-state index contributed by atoms with van der Waals surface area (Å²) in [5, 5.41) is 5.97. The zero-order valence-corrected chi connectivity index (χ0v) is 12.6. The third kappa shape index (κ3) is 3.30. The van der Waals surface area contributed by atoms with Crippen molar-refractivity contribution < 1.29 is 18.3 Å². The van der Waals surface area contributed by atoms with E-state index in [1.165, 1.54) is 12.1 Å². The molecule has 1 aromatic carbocycles. The van der Waals surface area contributed by atoms with E-state index in [0.29, 0.717) is 11.3 Å². The molecular weight excluding hydrogens is 310 g/mol. The van der Waals surface area contributed by atoms with E-state index in [4.69, 9.17) is 17.0 Å². The summed E-state index contributed by atoms with van der Waals surface area (Å²) in [7, 11) is 0. The number of carbonyl (C=O) groups is 1. The van der Waals surface area contributed by atoms with Gasteiger partial charge >= 0.3 is 5.97 Å². The fourth-order valence-corrected chi connectivity index (χ4v) is 2.39. The smallest absolute Gasteiger partial charge is 0.338 e. The summed E-state index contributed by atoms with van der Waals surface area (Å²) in [5.41, 5.74) is 1.11. The lowest BCUT2D eigenvalue weighted by molar-refractivity contribution is -0.138. The average Bonchev–Trinajstić information content (AvgIpc) is 2.46.